The van der Waals surface area contributed by atoms with Crippen molar-refractivity contribution in [1.29, 1.82) is 0 Å². The van der Waals surface area contributed by atoms with Crippen LogP contribution >= 0.6 is 0 Å². The van der Waals surface area contributed by atoms with Crippen molar-refractivity contribution in [3.8, 4) is 0 Å². The fraction of sp³-hybridized carbons (Fsp3) is 0. The van der Waals surface area contributed by atoms with E-state index in [2.05, 4.69) is 0 Å². The average Bonchev–Trinajstić information content (AvgIpc) is 2.17. The lowest BCUT2D eigenvalue weighted by Gasteiger charge is -1.53. The van der Waals surface area contributed by atoms with Crippen molar-refractivity contribution < 1.29 is 4.79 Å². The Morgan fingerprint density at radius 3 is 1.71 bits per heavy atom. The standard InChI is InChI=1S/C3HNO3/c5-1-4-2(6)3(4)7/h1H. The maximum absolute atomic E-state index is 9.79. The Morgan fingerprint density at radius 1 is 1.29 bits per heavy atom. The summed E-state index contributed by atoms with van der Waals surface area (Å²) in [6, 6.07) is 0. The molecular weight excluding hydrogens is 98.0 g/mol. The first kappa shape index (κ1) is 3.98. The minimum Gasteiger partial charge on any atom is -0.278 e. The van der Waals surface area contributed by atoms with Crippen LogP contribution in [0, 0.1) is 0 Å². The number of carbonyl (C=O) groups excluding carboxylic acids is 1. The van der Waals surface area contributed by atoms with Gasteiger partial charge in [-0.3, -0.25) is 14.4 Å². The molecule has 0 bridgehead atoms. The summed E-state index contributed by atoms with van der Waals surface area (Å²) >= 11 is 0. The fourth-order valence-corrected chi connectivity index (χ4v) is 0.242. The van der Waals surface area contributed by atoms with E-state index < -0.39 is 11.1 Å². The van der Waals surface area contributed by atoms with Gasteiger partial charge in [0.2, 0.25) is 6.41 Å². The molecule has 0 unspecified atom stereocenters. The van der Waals surface area contributed by atoms with E-state index >= 15 is 0 Å². The summed E-state index contributed by atoms with van der Waals surface area (Å²) in [6.07, 6.45) is 0.199. The first-order chi connectivity index (χ1) is 3.27. The van der Waals surface area contributed by atoms with Crippen molar-refractivity contribution in [2.24, 2.45) is 0 Å². The summed E-state index contributed by atoms with van der Waals surface area (Å²) < 4.78 is 0.500. The monoisotopic (exact) mass is 99.0 g/mol. The minimum atomic E-state index is -0.713. The molecule has 4 heteroatoms. The van der Waals surface area contributed by atoms with Crippen molar-refractivity contribution in [2.75, 3.05) is 0 Å². The highest BCUT2D eigenvalue weighted by Crippen LogP contribution is 1.52. The van der Waals surface area contributed by atoms with Gasteiger partial charge >= 0.3 is 11.1 Å². The second-order valence-corrected chi connectivity index (χ2v) is 1.09. The Hall–Kier alpha value is -1.19. The van der Waals surface area contributed by atoms with Gasteiger partial charge < -0.3 is 0 Å². The predicted octanol–water partition coefficient (Wildman–Crippen LogP) is -1.88. The highest BCUT2D eigenvalue weighted by Gasteiger charge is 2.12. The van der Waals surface area contributed by atoms with Crippen molar-refractivity contribution in [2.45, 2.75) is 0 Å². The molecule has 7 heavy (non-hydrogen) atoms. The summed E-state index contributed by atoms with van der Waals surface area (Å²) in [4.78, 5) is 29.1. The maximum atomic E-state index is 9.79. The third-order valence-electron chi connectivity index (χ3n) is 0.676. The molecule has 0 radical (unpaired) electrons. The molecule has 0 amide bonds. The lowest BCUT2D eigenvalue weighted by atomic mass is 11.1. The summed E-state index contributed by atoms with van der Waals surface area (Å²) in [6.45, 7) is 0. The molecule has 0 fully saturated rings. The van der Waals surface area contributed by atoms with Crippen molar-refractivity contribution in [1.82, 2.24) is 4.57 Å². The van der Waals surface area contributed by atoms with Crippen LogP contribution in [0.1, 0.15) is 0 Å². The van der Waals surface area contributed by atoms with E-state index in [1.54, 1.807) is 0 Å². The Balaban J connectivity index is 3.27. The molecule has 4 nitrogen and oxygen atoms in total. The van der Waals surface area contributed by atoms with Crippen LogP contribution in [0.25, 0.3) is 0 Å². The first-order valence-electron chi connectivity index (χ1n) is 1.60. The smallest absolute Gasteiger partial charge is 0.278 e. The molecule has 0 saturated heterocycles. The Bertz CT molecular complexity index is 226. The third kappa shape index (κ3) is 0.325. The van der Waals surface area contributed by atoms with Gasteiger partial charge in [-0.15, -0.1) is 0 Å². The van der Waals surface area contributed by atoms with Crippen LogP contribution in [0.15, 0.2) is 9.59 Å². The van der Waals surface area contributed by atoms with Gasteiger partial charge in [0.05, 0.1) is 0 Å². The number of carbonyl (C=O) groups is 1. The van der Waals surface area contributed by atoms with Gasteiger partial charge in [0.15, 0.2) is 0 Å². The summed E-state index contributed by atoms with van der Waals surface area (Å²) in [5.41, 5.74) is -1.43. The predicted molar refractivity (Wildman–Crippen MR) is 21.5 cm³/mol. The molecule has 1 aromatic rings. The summed E-state index contributed by atoms with van der Waals surface area (Å²) in [7, 11) is 0. The first-order valence-corrected chi connectivity index (χ1v) is 1.60. The molecule has 0 aliphatic rings. The number of aromatic nitrogens is 1. The SMILES string of the molecule is O=Cn1c(=O)c1=O. The van der Waals surface area contributed by atoms with E-state index in [1.165, 1.54) is 0 Å². The van der Waals surface area contributed by atoms with Gasteiger partial charge in [-0.2, -0.15) is 0 Å². The van der Waals surface area contributed by atoms with Crippen LogP contribution in [-0.2, 0) is 4.79 Å². The van der Waals surface area contributed by atoms with Crippen LogP contribution in [0.4, 0.5) is 0 Å². The van der Waals surface area contributed by atoms with E-state index in [0.29, 0.717) is 4.57 Å². The van der Waals surface area contributed by atoms with E-state index in [1.807, 2.05) is 0 Å². The van der Waals surface area contributed by atoms with Crippen molar-refractivity contribution >= 4 is 6.41 Å². The van der Waals surface area contributed by atoms with Gasteiger partial charge in [-0.25, -0.2) is 4.57 Å². The number of hydrogen-bond acceptors (Lipinski definition) is 3. The van der Waals surface area contributed by atoms with Gasteiger partial charge in [-0.05, 0) is 0 Å². The molecule has 0 aromatic carbocycles. The van der Waals surface area contributed by atoms with Crippen LogP contribution in [0.5, 0.6) is 0 Å². The second-order valence-electron chi connectivity index (χ2n) is 1.09. The third-order valence-corrected chi connectivity index (χ3v) is 0.676. The lowest BCUT2D eigenvalue weighted by molar-refractivity contribution is 0.550. The Labute approximate surface area is 37.7 Å². The lowest BCUT2D eigenvalue weighted by Crippen LogP contribution is -1.89. The molecule has 0 N–H and O–H groups in total. The summed E-state index contributed by atoms with van der Waals surface area (Å²) in [5.74, 6) is 0. The van der Waals surface area contributed by atoms with Crippen LogP contribution in [0.3, 0.4) is 0 Å². The molecule has 0 atom stereocenters. The zero-order valence-corrected chi connectivity index (χ0v) is 3.25. The zero-order valence-electron chi connectivity index (χ0n) is 3.25. The van der Waals surface area contributed by atoms with E-state index in [0.717, 1.165) is 0 Å². The largest absolute Gasteiger partial charge is 0.326 e. The van der Waals surface area contributed by atoms with Gasteiger partial charge in [0.25, 0.3) is 0 Å². The van der Waals surface area contributed by atoms with E-state index in [9.17, 15) is 14.4 Å². The molecule has 1 rings (SSSR count). The number of hydrogen-bond donors (Lipinski definition) is 0. The van der Waals surface area contributed by atoms with Crippen LogP contribution in [-0.4, -0.2) is 11.0 Å². The number of nitrogens with zero attached hydrogens (tertiary/aromatic N) is 1. The van der Waals surface area contributed by atoms with Crippen molar-refractivity contribution in [3.05, 3.63) is 20.7 Å². The topological polar surface area (TPSA) is 56.1 Å². The van der Waals surface area contributed by atoms with Gasteiger partial charge in [0.1, 0.15) is 0 Å². The highest BCUT2D eigenvalue weighted by atomic mass is 16.2. The second kappa shape index (κ2) is 0.900. The van der Waals surface area contributed by atoms with Gasteiger partial charge in [0, 0.05) is 0 Å². The van der Waals surface area contributed by atoms with Crippen LogP contribution in [0.2, 0.25) is 0 Å². The van der Waals surface area contributed by atoms with Gasteiger partial charge in [-0.1, -0.05) is 0 Å². The molecule has 0 saturated carbocycles. The molecule has 1 aromatic heterocycles. The van der Waals surface area contributed by atoms with Crippen molar-refractivity contribution in [3.63, 3.8) is 0 Å². The fourth-order valence-electron chi connectivity index (χ4n) is 0.242. The summed E-state index contributed by atoms with van der Waals surface area (Å²) in [5, 5.41) is 0. The maximum Gasteiger partial charge on any atom is 0.326 e. The number of rotatable bonds is 1. The molecule has 0 aliphatic heterocycles. The zero-order chi connectivity index (χ0) is 5.44. The van der Waals surface area contributed by atoms with E-state index in [4.69, 9.17) is 0 Å². The Morgan fingerprint density at radius 2 is 1.71 bits per heavy atom. The molecule has 0 aliphatic carbocycles. The van der Waals surface area contributed by atoms with Crippen LogP contribution < -0.4 is 11.1 Å². The molecule has 36 valence electrons. The minimum absolute atomic E-state index is 0.199. The molecule has 0 spiro atoms. The Kier molecular flexibility index (Phi) is 0.512. The molecular formula is C3HNO3. The average molecular weight is 99.0 g/mol. The molecule has 1 heterocycles. The highest BCUT2D eigenvalue weighted by molar-refractivity contribution is 5.54. The van der Waals surface area contributed by atoms with E-state index in [-0.39, 0.29) is 6.41 Å². The quantitative estimate of drug-likeness (QED) is 0.306. The normalized spacial score (nSPS) is 9.71.